The van der Waals surface area contributed by atoms with Crippen LogP contribution in [0.5, 0.6) is 11.5 Å². The summed E-state index contributed by atoms with van der Waals surface area (Å²) in [5, 5.41) is 0.777. The van der Waals surface area contributed by atoms with Crippen molar-refractivity contribution in [2.45, 2.75) is 38.8 Å². The van der Waals surface area contributed by atoms with E-state index in [-0.39, 0.29) is 11.1 Å². The van der Waals surface area contributed by atoms with Gasteiger partial charge in [-0.25, -0.2) is 0 Å². The van der Waals surface area contributed by atoms with Crippen molar-refractivity contribution >= 4 is 12.7 Å². The van der Waals surface area contributed by atoms with E-state index in [0.29, 0.717) is 12.4 Å². The fourth-order valence-corrected chi connectivity index (χ4v) is 6.09. The first-order chi connectivity index (χ1) is 13.8. The normalized spacial score (nSPS) is 18.9. The van der Waals surface area contributed by atoms with Crippen LogP contribution in [-0.4, -0.2) is 12.3 Å². The Bertz CT molecular complexity index is 1080. The van der Waals surface area contributed by atoms with Gasteiger partial charge in [0.1, 0.15) is 18.1 Å². The predicted molar refractivity (Wildman–Crippen MR) is 120 cm³/mol. The highest BCUT2D eigenvalue weighted by Crippen LogP contribution is 2.57. The summed E-state index contributed by atoms with van der Waals surface area (Å²) < 4.78 is 26.5. The summed E-state index contributed by atoms with van der Waals surface area (Å²) in [6.07, 6.45) is 0. The van der Waals surface area contributed by atoms with Crippen LogP contribution in [0.15, 0.2) is 72.8 Å². The minimum atomic E-state index is -3.14. The summed E-state index contributed by atoms with van der Waals surface area (Å²) in [6.45, 7) is 8.76. The molecule has 150 valence electrons. The summed E-state index contributed by atoms with van der Waals surface area (Å²) in [4.78, 5) is 0. The minimum absolute atomic E-state index is 0.0307. The van der Waals surface area contributed by atoms with Crippen molar-refractivity contribution in [2.24, 2.45) is 0 Å². The van der Waals surface area contributed by atoms with E-state index in [2.05, 4.69) is 26.8 Å². The van der Waals surface area contributed by atoms with Crippen molar-refractivity contribution < 1.29 is 13.8 Å². The van der Waals surface area contributed by atoms with Crippen LogP contribution < -0.4 is 14.6 Å². The van der Waals surface area contributed by atoms with Gasteiger partial charge in [0.05, 0.1) is 11.0 Å². The van der Waals surface area contributed by atoms with Crippen LogP contribution in [0, 0.1) is 0 Å². The standard InChI is InChI=1S/C25H27O3P/c1-18(17-27-23-15-9-7-13-21(23)25(2,3)4)29(26)24-16-10-6-12-20(24)19-11-5-8-14-22(19)28-29/h5-16,18H,17H2,1-4H3. The van der Waals surface area contributed by atoms with Crippen LogP contribution in [0.2, 0.25) is 0 Å². The average Bonchev–Trinajstić information content (AvgIpc) is 2.72. The summed E-state index contributed by atoms with van der Waals surface area (Å²) in [5.74, 6) is 1.51. The highest BCUT2D eigenvalue weighted by Gasteiger charge is 2.41. The van der Waals surface area contributed by atoms with Gasteiger partial charge in [-0.15, -0.1) is 0 Å². The van der Waals surface area contributed by atoms with Gasteiger partial charge in [0, 0.05) is 5.56 Å². The van der Waals surface area contributed by atoms with E-state index in [1.54, 1.807) is 0 Å². The van der Waals surface area contributed by atoms with Crippen LogP contribution >= 0.6 is 7.37 Å². The molecule has 0 aromatic heterocycles. The molecule has 1 aliphatic heterocycles. The molecule has 0 spiro atoms. The lowest BCUT2D eigenvalue weighted by atomic mass is 9.86. The van der Waals surface area contributed by atoms with E-state index in [1.165, 1.54) is 0 Å². The van der Waals surface area contributed by atoms with E-state index < -0.39 is 7.37 Å². The highest BCUT2D eigenvalue weighted by molar-refractivity contribution is 7.68. The van der Waals surface area contributed by atoms with Gasteiger partial charge in [-0.1, -0.05) is 75.4 Å². The Balaban J connectivity index is 1.65. The fraction of sp³-hybridized carbons (Fsp3) is 0.280. The third-order valence-corrected chi connectivity index (χ3v) is 8.25. The maximum Gasteiger partial charge on any atom is 0.283 e. The number of para-hydroxylation sites is 2. The van der Waals surface area contributed by atoms with Crippen molar-refractivity contribution in [1.29, 1.82) is 0 Å². The van der Waals surface area contributed by atoms with Crippen LogP contribution in [-0.2, 0) is 9.98 Å². The van der Waals surface area contributed by atoms with Crippen LogP contribution in [0.1, 0.15) is 33.3 Å². The minimum Gasteiger partial charge on any atom is -0.492 e. The lowest BCUT2D eigenvalue weighted by Gasteiger charge is -2.32. The number of hydrogen-bond acceptors (Lipinski definition) is 3. The van der Waals surface area contributed by atoms with E-state index in [0.717, 1.165) is 27.7 Å². The second-order valence-corrected chi connectivity index (χ2v) is 11.3. The third kappa shape index (κ3) is 3.60. The van der Waals surface area contributed by atoms with Crippen molar-refractivity contribution in [1.82, 2.24) is 0 Å². The zero-order valence-corrected chi connectivity index (χ0v) is 18.3. The van der Waals surface area contributed by atoms with Gasteiger partial charge in [-0.05, 0) is 41.7 Å². The number of ether oxygens (including phenoxy) is 1. The van der Waals surface area contributed by atoms with Crippen LogP contribution in [0.4, 0.5) is 0 Å². The average molecular weight is 406 g/mol. The maximum absolute atomic E-state index is 14.1. The molecule has 4 heteroatoms. The molecule has 1 heterocycles. The summed E-state index contributed by atoms with van der Waals surface area (Å²) in [6, 6.07) is 23.7. The second-order valence-electron chi connectivity index (χ2n) is 8.61. The molecule has 2 unspecified atom stereocenters. The molecule has 0 aliphatic carbocycles. The summed E-state index contributed by atoms with van der Waals surface area (Å²) in [5.41, 5.74) is 2.79. The quantitative estimate of drug-likeness (QED) is 0.469. The first-order valence-corrected chi connectivity index (χ1v) is 11.7. The molecule has 0 fully saturated rings. The molecule has 3 aromatic rings. The Morgan fingerprint density at radius 2 is 1.52 bits per heavy atom. The van der Waals surface area contributed by atoms with Crippen molar-refractivity contribution in [3.8, 4) is 22.6 Å². The molecule has 0 saturated carbocycles. The molecular weight excluding hydrogens is 379 g/mol. The molecule has 3 aromatic carbocycles. The summed E-state index contributed by atoms with van der Waals surface area (Å²) >= 11 is 0. The smallest absolute Gasteiger partial charge is 0.283 e. The first kappa shape index (κ1) is 19.8. The third-order valence-electron chi connectivity index (χ3n) is 5.41. The van der Waals surface area contributed by atoms with E-state index >= 15 is 0 Å². The first-order valence-electron chi connectivity index (χ1n) is 10.0. The SMILES string of the molecule is CC(COc1ccccc1C(C)(C)C)P1(=O)Oc2ccccc2-c2ccccc21. The molecule has 0 radical (unpaired) electrons. The van der Waals surface area contributed by atoms with Gasteiger partial charge in [-0.3, -0.25) is 4.57 Å². The number of hydrogen-bond donors (Lipinski definition) is 0. The van der Waals surface area contributed by atoms with Gasteiger partial charge in [0.15, 0.2) is 0 Å². The zero-order chi connectivity index (χ0) is 20.6. The number of rotatable bonds is 4. The molecule has 0 amide bonds. The van der Waals surface area contributed by atoms with E-state index in [1.807, 2.05) is 73.7 Å². The molecule has 29 heavy (non-hydrogen) atoms. The van der Waals surface area contributed by atoms with Crippen molar-refractivity contribution in [3.63, 3.8) is 0 Å². The highest BCUT2D eigenvalue weighted by atomic mass is 31.2. The van der Waals surface area contributed by atoms with Crippen LogP contribution in [0.25, 0.3) is 11.1 Å². The molecule has 0 N–H and O–H groups in total. The fourth-order valence-electron chi connectivity index (χ4n) is 3.79. The van der Waals surface area contributed by atoms with Crippen molar-refractivity contribution in [3.05, 3.63) is 78.4 Å². The zero-order valence-electron chi connectivity index (χ0n) is 17.4. The maximum atomic E-state index is 14.1. The molecular formula is C25H27O3P. The van der Waals surface area contributed by atoms with Gasteiger partial charge in [0.25, 0.3) is 7.37 Å². The van der Waals surface area contributed by atoms with Gasteiger partial charge >= 0.3 is 0 Å². The molecule has 3 nitrogen and oxygen atoms in total. The lowest BCUT2D eigenvalue weighted by Crippen LogP contribution is -2.28. The summed E-state index contributed by atoms with van der Waals surface area (Å²) in [7, 11) is -3.14. The predicted octanol–water partition coefficient (Wildman–Crippen LogP) is 6.41. The Kier molecular flexibility index (Phi) is 5.04. The Hall–Kier alpha value is -2.51. The topological polar surface area (TPSA) is 35.5 Å². The largest absolute Gasteiger partial charge is 0.492 e. The molecule has 4 rings (SSSR count). The molecule has 0 bridgehead atoms. The number of fused-ring (bicyclic) bond motifs is 3. The number of benzene rings is 3. The van der Waals surface area contributed by atoms with E-state index in [4.69, 9.17) is 9.26 Å². The second kappa shape index (κ2) is 7.39. The molecule has 2 atom stereocenters. The molecule has 1 aliphatic rings. The monoisotopic (exact) mass is 406 g/mol. The van der Waals surface area contributed by atoms with Gasteiger partial charge < -0.3 is 9.26 Å². The molecule has 0 saturated heterocycles. The van der Waals surface area contributed by atoms with Gasteiger partial charge in [0.2, 0.25) is 0 Å². The van der Waals surface area contributed by atoms with Crippen molar-refractivity contribution in [2.75, 3.05) is 6.61 Å². The lowest BCUT2D eigenvalue weighted by molar-refractivity contribution is 0.303. The Morgan fingerprint density at radius 1 is 0.897 bits per heavy atom. The Labute approximate surface area is 173 Å². The van der Waals surface area contributed by atoms with Crippen LogP contribution in [0.3, 0.4) is 0 Å². The van der Waals surface area contributed by atoms with E-state index in [9.17, 15) is 4.57 Å². The Morgan fingerprint density at radius 3 is 2.28 bits per heavy atom. The van der Waals surface area contributed by atoms with Gasteiger partial charge in [-0.2, -0.15) is 0 Å².